The maximum Gasteiger partial charge on any atom is 0.238 e. The first-order valence-corrected chi connectivity index (χ1v) is 6.76. The van der Waals surface area contributed by atoms with E-state index in [0.717, 1.165) is 0 Å². The largest absolute Gasteiger partial charge is 0.497 e. The van der Waals surface area contributed by atoms with Crippen LogP contribution in [0.15, 0.2) is 24.3 Å². The molecule has 0 aliphatic rings. The van der Waals surface area contributed by atoms with Gasteiger partial charge in [-0.1, -0.05) is 6.07 Å². The van der Waals surface area contributed by atoms with Crippen LogP contribution in [0.25, 0.3) is 0 Å². The van der Waals surface area contributed by atoms with Gasteiger partial charge in [0.2, 0.25) is 11.8 Å². The van der Waals surface area contributed by atoms with Crippen LogP contribution in [-0.4, -0.2) is 37.6 Å². The minimum atomic E-state index is -0.276. The molecule has 2 amide bonds. The molecule has 1 aromatic carbocycles. The van der Waals surface area contributed by atoms with Gasteiger partial charge in [-0.2, -0.15) is 0 Å². The summed E-state index contributed by atoms with van der Waals surface area (Å²) in [6, 6.07) is 7.08. The molecule has 3 N–H and O–H groups in total. The summed E-state index contributed by atoms with van der Waals surface area (Å²) in [6.07, 6.45) is 0. The Balaban J connectivity index is 2.32. The smallest absolute Gasteiger partial charge is 0.238 e. The fourth-order valence-corrected chi connectivity index (χ4v) is 1.66. The molecule has 0 bridgehead atoms. The van der Waals surface area contributed by atoms with E-state index in [2.05, 4.69) is 16.0 Å². The molecular formula is C15H23N3O3. The lowest BCUT2D eigenvalue weighted by Gasteiger charge is -2.20. The van der Waals surface area contributed by atoms with Crippen molar-refractivity contribution in [2.75, 3.05) is 25.5 Å². The second-order valence-electron chi connectivity index (χ2n) is 5.68. The SMILES string of the molecule is COc1cccc(NC(=O)CNCC(=O)NC(C)(C)C)c1. The van der Waals surface area contributed by atoms with Crippen molar-refractivity contribution in [1.29, 1.82) is 0 Å². The van der Waals surface area contributed by atoms with E-state index < -0.39 is 0 Å². The number of methoxy groups -OCH3 is 1. The fraction of sp³-hybridized carbons (Fsp3) is 0.467. The van der Waals surface area contributed by atoms with Crippen LogP contribution in [0.4, 0.5) is 5.69 Å². The van der Waals surface area contributed by atoms with Gasteiger partial charge in [0.05, 0.1) is 20.2 Å². The second-order valence-corrected chi connectivity index (χ2v) is 5.68. The van der Waals surface area contributed by atoms with Gasteiger partial charge in [0, 0.05) is 17.3 Å². The Morgan fingerprint density at radius 3 is 2.43 bits per heavy atom. The molecule has 0 heterocycles. The van der Waals surface area contributed by atoms with Crippen molar-refractivity contribution in [1.82, 2.24) is 10.6 Å². The lowest BCUT2D eigenvalue weighted by atomic mass is 10.1. The van der Waals surface area contributed by atoms with Gasteiger partial charge in [-0.3, -0.25) is 14.9 Å². The number of hydrogen-bond donors (Lipinski definition) is 3. The molecule has 0 atom stereocenters. The molecule has 0 aromatic heterocycles. The summed E-state index contributed by atoms with van der Waals surface area (Å²) in [5.41, 5.74) is 0.377. The molecule has 1 rings (SSSR count). The van der Waals surface area contributed by atoms with Crippen LogP contribution >= 0.6 is 0 Å². The molecular weight excluding hydrogens is 270 g/mol. The van der Waals surface area contributed by atoms with Crippen molar-refractivity contribution in [3.05, 3.63) is 24.3 Å². The quantitative estimate of drug-likeness (QED) is 0.735. The van der Waals surface area contributed by atoms with Crippen molar-refractivity contribution in [3.63, 3.8) is 0 Å². The zero-order valence-electron chi connectivity index (χ0n) is 12.9. The first-order chi connectivity index (χ1) is 9.80. The third-order valence-electron chi connectivity index (χ3n) is 2.44. The Bertz CT molecular complexity index is 495. The van der Waals surface area contributed by atoms with Crippen molar-refractivity contribution in [2.24, 2.45) is 0 Å². The van der Waals surface area contributed by atoms with E-state index in [9.17, 15) is 9.59 Å². The van der Waals surface area contributed by atoms with Crippen LogP contribution in [-0.2, 0) is 9.59 Å². The summed E-state index contributed by atoms with van der Waals surface area (Å²) >= 11 is 0. The molecule has 21 heavy (non-hydrogen) atoms. The molecule has 6 nitrogen and oxygen atoms in total. The van der Waals surface area contributed by atoms with Crippen molar-refractivity contribution in [3.8, 4) is 5.75 Å². The standard InChI is InChI=1S/C15H23N3O3/c1-15(2,3)18-14(20)10-16-9-13(19)17-11-6-5-7-12(8-11)21-4/h5-8,16H,9-10H2,1-4H3,(H,17,19)(H,18,20). The number of carbonyl (C=O) groups excluding carboxylic acids is 2. The normalized spacial score (nSPS) is 10.9. The highest BCUT2D eigenvalue weighted by atomic mass is 16.5. The van der Waals surface area contributed by atoms with Gasteiger partial charge in [0.1, 0.15) is 5.75 Å². The van der Waals surface area contributed by atoms with E-state index in [1.54, 1.807) is 31.4 Å². The minimum Gasteiger partial charge on any atom is -0.497 e. The maximum absolute atomic E-state index is 11.7. The summed E-state index contributed by atoms with van der Waals surface area (Å²) in [7, 11) is 1.57. The number of nitrogens with one attached hydrogen (secondary N) is 3. The number of anilines is 1. The summed E-state index contributed by atoms with van der Waals surface area (Å²) in [5, 5.41) is 8.33. The van der Waals surface area contributed by atoms with Crippen LogP contribution in [0, 0.1) is 0 Å². The third kappa shape index (κ3) is 7.31. The van der Waals surface area contributed by atoms with Gasteiger partial charge in [-0.15, -0.1) is 0 Å². The average molecular weight is 293 g/mol. The van der Waals surface area contributed by atoms with Crippen molar-refractivity contribution < 1.29 is 14.3 Å². The molecule has 6 heteroatoms. The lowest BCUT2D eigenvalue weighted by Crippen LogP contribution is -2.45. The molecule has 0 unspecified atom stereocenters. The van der Waals surface area contributed by atoms with E-state index in [1.165, 1.54) is 0 Å². The van der Waals surface area contributed by atoms with Crippen LogP contribution in [0.3, 0.4) is 0 Å². The van der Waals surface area contributed by atoms with Gasteiger partial charge < -0.3 is 15.4 Å². The molecule has 0 aliphatic heterocycles. The molecule has 0 spiro atoms. The number of benzene rings is 1. The summed E-state index contributed by atoms with van der Waals surface area (Å²) in [6.45, 7) is 5.87. The average Bonchev–Trinajstić information content (AvgIpc) is 2.36. The van der Waals surface area contributed by atoms with Gasteiger partial charge in [-0.25, -0.2) is 0 Å². The monoisotopic (exact) mass is 293 g/mol. The zero-order chi connectivity index (χ0) is 15.9. The van der Waals surface area contributed by atoms with Crippen molar-refractivity contribution >= 4 is 17.5 Å². The summed E-state index contributed by atoms with van der Waals surface area (Å²) in [5.74, 6) is 0.314. The van der Waals surface area contributed by atoms with E-state index in [-0.39, 0.29) is 30.4 Å². The summed E-state index contributed by atoms with van der Waals surface area (Å²) < 4.78 is 5.08. The first-order valence-electron chi connectivity index (χ1n) is 6.76. The Morgan fingerprint density at radius 2 is 1.81 bits per heavy atom. The van der Waals surface area contributed by atoms with Crippen LogP contribution in [0.1, 0.15) is 20.8 Å². The van der Waals surface area contributed by atoms with Crippen LogP contribution in [0.2, 0.25) is 0 Å². The van der Waals surface area contributed by atoms with E-state index in [1.807, 2.05) is 20.8 Å². The van der Waals surface area contributed by atoms with Crippen LogP contribution < -0.4 is 20.7 Å². The maximum atomic E-state index is 11.7. The first kappa shape index (κ1) is 17.0. The highest BCUT2D eigenvalue weighted by molar-refractivity contribution is 5.92. The molecule has 0 radical (unpaired) electrons. The Hall–Kier alpha value is -2.08. The minimum absolute atomic E-state index is 0.0643. The second kappa shape index (κ2) is 7.64. The molecule has 1 aromatic rings. The number of amides is 2. The van der Waals surface area contributed by atoms with Gasteiger partial charge >= 0.3 is 0 Å². The predicted octanol–water partition coefficient (Wildman–Crippen LogP) is 1.14. The van der Waals surface area contributed by atoms with E-state index in [0.29, 0.717) is 11.4 Å². The van der Waals surface area contributed by atoms with Crippen LogP contribution in [0.5, 0.6) is 5.75 Å². The Labute approximate surface area is 125 Å². The number of hydrogen-bond acceptors (Lipinski definition) is 4. The van der Waals surface area contributed by atoms with E-state index >= 15 is 0 Å². The highest BCUT2D eigenvalue weighted by Crippen LogP contribution is 2.16. The molecule has 0 saturated carbocycles. The topological polar surface area (TPSA) is 79.5 Å². The predicted molar refractivity (Wildman–Crippen MR) is 82.4 cm³/mol. The fourth-order valence-electron chi connectivity index (χ4n) is 1.66. The van der Waals surface area contributed by atoms with E-state index in [4.69, 9.17) is 4.74 Å². The Morgan fingerprint density at radius 1 is 1.14 bits per heavy atom. The van der Waals surface area contributed by atoms with Gasteiger partial charge in [-0.05, 0) is 32.9 Å². The molecule has 0 aliphatic carbocycles. The highest BCUT2D eigenvalue weighted by Gasteiger charge is 2.13. The molecule has 116 valence electrons. The lowest BCUT2D eigenvalue weighted by molar-refractivity contribution is -0.121. The van der Waals surface area contributed by atoms with Gasteiger partial charge in [0.15, 0.2) is 0 Å². The number of carbonyl (C=O) groups is 2. The number of rotatable bonds is 6. The summed E-state index contributed by atoms with van der Waals surface area (Å²) in [4.78, 5) is 23.3. The number of ether oxygens (including phenoxy) is 1. The van der Waals surface area contributed by atoms with Gasteiger partial charge in [0.25, 0.3) is 0 Å². The Kier molecular flexibility index (Phi) is 6.17. The van der Waals surface area contributed by atoms with Crippen molar-refractivity contribution in [2.45, 2.75) is 26.3 Å². The molecule has 0 saturated heterocycles. The zero-order valence-corrected chi connectivity index (χ0v) is 12.9. The third-order valence-corrected chi connectivity index (χ3v) is 2.44. The molecule has 0 fully saturated rings.